The Balaban J connectivity index is 0.00000363. The van der Waals surface area contributed by atoms with Crippen LogP contribution in [0.25, 0.3) is 10.2 Å². The van der Waals surface area contributed by atoms with Crippen LogP contribution in [0.2, 0.25) is 0 Å². The van der Waals surface area contributed by atoms with E-state index in [1.54, 1.807) is 31.3 Å². The first-order valence-corrected chi connectivity index (χ1v) is 11.6. The molecule has 0 saturated carbocycles. The summed E-state index contributed by atoms with van der Waals surface area (Å²) in [4.78, 5) is 22.5. The molecule has 0 aliphatic heterocycles. The third-order valence-electron chi connectivity index (χ3n) is 4.60. The lowest BCUT2D eigenvalue weighted by Crippen LogP contribution is -2.36. The Kier molecular flexibility index (Phi) is 10.0. The first-order chi connectivity index (χ1) is 14.9. The number of carbonyl (C=O) groups excluding carboxylic acids is 1. The van der Waals surface area contributed by atoms with E-state index in [-0.39, 0.29) is 24.1 Å². The molecule has 0 radical (unpaired) electrons. The Morgan fingerprint density at radius 3 is 2.34 bits per heavy atom. The number of halogens is 2. The van der Waals surface area contributed by atoms with Crippen molar-refractivity contribution < 1.29 is 18.7 Å². The summed E-state index contributed by atoms with van der Waals surface area (Å²) in [6, 6.07) is 9.95. The van der Waals surface area contributed by atoms with E-state index in [0.717, 1.165) is 9.60 Å². The van der Waals surface area contributed by atoms with Crippen LogP contribution >= 0.6 is 35.5 Å². The van der Waals surface area contributed by atoms with Gasteiger partial charge in [-0.25, -0.2) is 9.37 Å². The van der Waals surface area contributed by atoms with Gasteiger partial charge in [0.05, 0.1) is 14.2 Å². The van der Waals surface area contributed by atoms with Gasteiger partial charge in [0.1, 0.15) is 27.5 Å². The number of rotatable bonds is 10. The second-order valence-corrected chi connectivity index (χ2v) is 9.19. The lowest BCUT2D eigenvalue weighted by Gasteiger charge is -2.22. The summed E-state index contributed by atoms with van der Waals surface area (Å²) >= 11 is 2.95. The molecule has 1 amide bonds. The Bertz CT molecular complexity index is 990. The van der Waals surface area contributed by atoms with Crippen molar-refractivity contribution in [1.82, 2.24) is 9.88 Å². The number of benzene rings is 2. The van der Waals surface area contributed by atoms with Crippen molar-refractivity contribution >= 4 is 56.8 Å². The minimum Gasteiger partial charge on any atom is -0.495 e. The van der Waals surface area contributed by atoms with Gasteiger partial charge in [0.15, 0.2) is 5.13 Å². The summed E-state index contributed by atoms with van der Waals surface area (Å²) < 4.78 is 24.8. The van der Waals surface area contributed by atoms with Crippen LogP contribution in [0.1, 0.15) is 6.42 Å². The smallest absolute Gasteiger partial charge is 0.229 e. The fraction of sp³-hybridized carbons (Fsp3) is 0.364. The summed E-state index contributed by atoms with van der Waals surface area (Å²) in [5.41, 5.74) is 0.685. The molecule has 0 saturated heterocycles. The third-order valence-corrected chi connectivity index (χ3v) is 6.71. The maximum absolute atomic E-state index is 13.1. The highest BCUT2D eigenvalue weighted by atomic mass is 35.5. The van der Waals surface area contributed by atoms with Gasteiger partial charge in [-0.1, -0.05) is 11.3 Å². The van der Waals surface area contributed by atoms with Crippen LogP contribution < -0.4 is 14.4 Å². The van der Waals surface area contributed by atoms with Gasteiger partial charge >= 0.3 is 0 Å². The van der Waals surface area contributed by atoms with Gasteiger partial charge in [0.25, 0.3) is 0 Å². The summed E-state index contributed by atoms with van der Waals surface area (Å²) in [5, 5.41) is 0.622. The molecule has 0 bridgehead atoms. The molecule has 0 aliphatic carbocycles. The maximum atomic E-state index is 13.1. The predicted molar refractivity (Wildman–Crippen MR) is 133 cm³/mol. The molecule has 0 aliphatic rings. The average molecular weight is 500 g/mol. The van der Waals surface area contributed by atoms with Crippen molar-refractivity contribution in [2.75, 3.05) is 52.1 Å². The van der Waals surface area contributed by atoms with Crippen molar-refractivity contribution in [3.63, 3.8) is 0 Å². The summed E-state index contributed by atoms with van der Waals surface area (Å²) in [5.74, 6) is 1.67. The zero-order valence-corrected chi connectivity index (χ0v) is 20.9. The largest absolute Gasteiger partial charge is 0.495 e. The van der Waals surface area contributed by atoms with Crippen LogP contribution in [0, 0.1) is 5.82 Å². The van der Waals surface area contributed by atoms with Gasteiger partial charge in [0.2, 0.25) is 5.91 Å². The normalized spacial score (nSPS) is 10.8. The number of carbonyl (C=O) groups is 1. The standard InChI is InChI=1S/C22H26FN3O3S2.ClH/c1-25(2)12-13-26(19(27)11-14-30-16-7-5-15(23)6-8-16)22-24-20-17(28-3)9-10-18(29-4)21(20)31-22;/h5-10H,11-14H2,1-4H3;1H. The lowest BCUT2D eigenvalue weighted by molar-refractivity contribution is -0.118. The minimum absolute atomic E-state index is 0. The molecule has 0 N–H and O–H groups in total. The molecular formula is C22H27ClFN3O3S2. The number of amides is 1. The fourth-order valence-electron chi connectivity index (χ4n) is 2.94. The third kappa shape index (κ3) is 6.48. The molecular weight excluding hydrogens is 473 g/mol. The predicted octanol–water partition coefficient (Wildman–Crippen LogP) is 4.95. The summed E-state index contributed by atoms with van der Waals surface area (Å²) in [6.07, 6.45) is 0.347. The van der Waals surface area contributed by atoms with E-state index in [0.29, 0.717) is 47.4 Å². The molecule has 1 heterocycles. The number of ether oxygens (including phenoxy) is 2. The SMILES string of the molecule is COc1ccc(OC)c2sc(N(CCN(C)C)C(=O)CCSc3ccc(F)cc3)nc12.Cl. The second kappa shape index (κ2) is 12.2. The monoisotopic (exact) mass is 499 g/mol. The number of nitrogens with zero attached hydrogens (tertiary/aromatic N) is 3. The molecule has 0 atom stereocenters. The highest BCUT2D eigenvalue weighted by Crippen LogP contribution is 2.40. The summed E-state index contributed by atoms with van der Waals surface area (Å²) in [7, 11) is 7.15. The molecule has 0 spiro atoms. The highest BCUT2D eigenvalue weighted by Gasteiger charge is 2.22. The van der Waals surface area contributed by atoms with Crippen molar-refractivity contribution in [3.8, 4) is 11.5 Å². The number of methoxy groups -OCH3 is 2. The van der Waals surface area contributed by atoms with Gasteiger partial charge in [-0.2, -0.15) is 0 Å². The number of thioether (sulfide) groups is 1. The van der Waals surface area contributed by atoms with E-state index in [4.69, 9.17) is 14.5 Å². The zero-order chi connectivity index (χ0) is 22.4. The first kappa shape index (κ1) is 26.2. The van der Waals surface area contributed by atoms with Crippen LogP contribution in [0.5, 0.6) is 11.5 Å². The van der Waals surface area contributed by atoms with E-state index in [2.05, 4.69) is 0 Å². The average Bonchev–Trinajstić information content (AvgIpc) is 3.19. The van der Waals surface area contributed by atoms with E-state index in [1.165, 1.54) is 35.2 Å². The van der Waals surface area contributed by atoms with Gasteiger partial charge in [-0.15, -0.1) is 24.2 Å². The quantitative estimate of drug-likeness (QED) is 0.368. The van der Waals surface area contributed by atoms with Gasteiger partial charge in [-0.05, 0) is 50.5 Å². The fourth-order valence-corrected chi connectivity index (χ4v) is 4.90. The van der Waals surface area contributed by atoms with Crippen molar-refractivity contribution in [2.24, 2.45) is 0 Å². The molecule has 1 aromatic heterocycles. The zero-order valence-electron chi connectivity index (χ0n) is 18.5. The van der Waals surface area contributed by atoms with Gasteiger partial charge in [-0.3, -0.25) is 9.69 Å². The van der Waals surface area contributed by atoms with E-state index < -0.39 is 0 Å². The topological polar surface area (TPSA) is 54.9 Å². The van der Waals surface area contributed by atoms with Crippen LogP contribution in [-0.4, -0.2) is 62.9 Å². The maximum Gasteiger partial charge on any atom is 0.229 e. The number of thiazole rings is 1. The Hall–Kier alpha value is -2.07. The Morgan fingerprint density at radius 1 is 1.06 bits per heavy atom. The van der Waals surface area contributed by atoms with E-state index in [9.17, 15) is 9.18 Å². The van der Waals surface area contributed by atoms with Crippen molar-refractivity contribution in [2.45, 2.75) is 11.3 Å². The molecule has 0 fully saturated rings. The van der Waals surface area contributed by atoms with Crippen LogP contribution in [0.3, 0.4) is 0 Å². The van der Waals surface area contributed by atoms with Crippen LogP contribution in [0.4, 0.5) is 9.52 Å². The van der Waals surface area contributed by atoms with E-state index >= 15 is 0 Å². The second-order valence-electron chi connectivity index (χ2n) is 7.05. The van der Waals surface area contributed by atoms with Crippen molar-refractivity contribution in [3.05, 3.63) is 42.2 Å². The number of aromatic nitrogens is 1. The lowest BCUT2D eigenvalue weighted by atomic mass is 10.3. The van der Waals surface area contributed by atoms with Gasteiger partial charge in [0, 0.05) is 30.2 Å². The highest BCUT2D eigenvalue weighted by molar-refractivity contribution is 7.99. The number of hydrogen-bond donors (Lipinski definition) is 0. The number of anilines is 1. The molecule has 3 aromatic rings. The molecule has 10 heteroatoms. The molecule has 3 rings (SSSR count). The Morgan fingerprint density at radius 2 is 1.72 bits per heavy atom. The minimum atomic E-state index is -0.267. The van der Waals surface area contributed by atoms with Crippen LogP contribution in [-0.2, 0) is 4.79 Å². The molecule has 0 unspecified atom stereocenters. The van der Waals surface area contributed by atoms with Gasteiger partial charge < -0.3 is 14.4 Å². The van der Waals surface area contributed by atoms with E-state index in [1.807, 2.05) is 31.1 Å². The molecule has 174 valence electrons. The molecule has 32 heavy (non-hydrogen) atoms. The summed E-state index contributed by atoms with van der Waals surface area (Å²) in [6.45, 7) is 1.23. The molecule has 2 aromatic carbocycles. The van der Waals surface area contributed by atoms with Crippen LogP contribution in [0.15, 0.2) is 41.3 Å². The number of likely N-dealkylation sites (N-methyl/N-ethyl adjacent to an activating group) is 1. The number of fused-ring (bicyclic) bond motifs is 1. The Labute approximate surface area is 202 Å². The number of hydrogen-bond acceptors (Lipinski definition) is 7. The first-order valence-electron chi connectivity index (χ1n) is 9.78. The molecule has 6 nitrogen and oxygen atoms in total. The van der Waals surface area contributed by atoms with Crippen molar-refractivity contribution in [1.29, 1.82) is 0 Å².